The minimum absolute atomic E-state index is 0.00308. The lowest BCUT2D eigenvalue weighted by atomic mass is 10.0. The molecule has 0 aliphatic carbocycles. The fraction of sp³-hybridized carbons (Fsp3) is 0.500. The maximum atomic E-state index is 11.7. The van der Waals surface area contributed by atoms with Gasteiger partial charge in [0.25, 0.3) is 0 Å². The SMILES string of the molecule is CCCc1ccc(C(CN2C(=O)CCC2=O)NC)cc1. The summed E-state index contributed by atoms with van der Waals surface area (Å²) in [4.78, 5) is 24.7. The summed E-state index contributed by atoms with van der Waals surface area (Å²) in [7, 11) is 1.86. The molecule has 0 saturated carbocycles. The second kappa shape index (κ2) is 6.66. The van der Waals surface area contributed by atoms with Gasteiger partial charge in [-0.2, -0.15) is 0 Å². The Kier molecular flexibility index (Phi) is 4.90. The molecule has 1 aromatic rings. The first-order valence-corrected chi connectivity index (χ1v) is 7.25. The first kappa shape index (κ1) is 14.7. The van der Waals surface area contributed by atoms with Crippen LogP contribution in [0.2, 0.25) is 0 Å². The van der Waals surface area contributed by atoms with Gasteiger partial charge in [-0.3, -0.25) is 14.5 Å². The largest absolute Gasteiger partial charge is 0.312 e. The van der Waals surface area contributed by atoms with Crippen LogP contribution in [0.15, 0.2) is 24.3 Å². The van der Waals surface area contributed by atoms with Crippen LogP contribution >= 0.6 is 0 Å². The number of aryl methyl sites for hydroxylation is 1. The van der Waals surface area contributed by atoms with Crippen LogP contribution in [-0.4, -0.2) is 30.3 Å². The normalized spacial score (nSPS) is 16.8. The van der Waals surface area contributed by atoms with Crippen LogP contribution in [0.25, 0.3) is 0 Å². The molecule has 4 nitrogen and oxygen atoms in total. The second-order valence-corrected chi connectivity index (χ2v) is 5.23. The van der Waals surface area contributed by atoms with Crippen molar-refractivity contribution in [1.82, 2.24) is 10.2 Å². The molecule has 1 heterocycles. The molecule has 0 aromatic heterocycles. The van der Waals surface area contributed by atoms with Crippen molar-refractivity contribution in [2.45, 2.75) is 38.6 Å². The number of carbonyl (C=O) groups excluding carboxylic acids is 2. The summed E-state index contributed by atoms with van der Waals surface area (Å²) in [5.41, 5.74) is 2.43. The molecular weight excluding hydrogens is 252 g/mol. The van der Waals surface area contributed by atoms with E-state index in [1.165, 1.54) is 10.5 Å². The quantitative estimate of drug-likeness (QED) is 0.808. The number of hydrogen-bond acceptors (Lipinski definition) is 3. The summed E-state index contributed by atoms with van der Waals surface area (Å²) in [6, 6.07) is 8.40. The molecule has 1 N–H and O–H groups in total. The average molecular weight is 274 g/mol. The summed E-state index contributed by atoms with van der Waals surface area (Å²) < 4.78 is 0. The highest BCUT2D eigenvalue weighted by Gasteiger charge is 2.30. The molecule has 4 heteroatoms. The number of likely N-dealkylation sites (N-methyl/N-ethyl adjacent to an activating group) is 1. The fourth-order valence-electron chi connectivity index (χ4n) is 2.58. The number of rotatable bonds is 6. The molecule has 0 bridgehead atoms. The Balaban J connectivity index is 2.07. The van der Waals surface area contributed by atoms with Crippen molar-refractivity contribution in [2.75, 3.05) is 13.6 Å². The summed E-state index contributed by atoms with van der Waals surface area (Å²) in [5, 5.41) is 3.19. The van der Waals surface area contributed by atoms with Crippen LogP contribution in [0.4, 0.5) is 0 Å². The first-order valence-electron chi connectivity index (χ1n) is 7.25. The maximum absolute atomic E-state index is 11.7. The zero-order chi connectivity index (χ0) is 14.5. The Hall–Kier alpha value is -1.68. The minimum Gasteiger partial charge on any atom is -0.312 e. The molecule has 1 aliphatic rings. The number of amides is 2. The van der Waals surface area contributed by atoms with Gasteiger partial charge in [0.1, 0.15) is 0 Å². The highest BCUT2D eigenvalue weighted by Crippen LogP contribution is 2.20. The predicted molar refractivity (Wildman–Crippen MR) is 78.2 cm³/mol. The van der Waals surface area contributed by atoms with Crippen LogP contribution < -0.4 is 5.32 Å². The summed E-state index contributed by atoms with van der Waals surface area (Å²) in [6.45, 7) is 2.58. The molecule has 0 radical (unpaired) electrons. The van der Waals surface area contributed by atoms with Gasteiger partial charge < -0.3 is 5.32 Å². The van der Waals surface area contributed by atoms with Crippen molar-refractivity contribution in [1.29, 1.82) is 0 Å². The Bertz CT molecular complexity index is 466. The molecule has 20 heavy (non-hydrogen) atoms. The number of likely N-dealkylation sites (tertiary alicyclic amines) is 1. The molecule has 2 amide bonds. The lowest BCUT2D eigenvalue weighted by molar-refractivity contribution is -0.138. The van der Waals surface area contributed by atoms with Gasteiger partial charge >= 0.3 is 0 Å². The van der Waals surface area contributed by atoms with Gasteiger partial charge in [0.15, 0.2) is 0 Å². The van der Waals surface area contributed by atoms with E-state index in [0.29, 0.717) is 19.4 Å². The number of imide groups is 1. The van der Waals surface area contributed by atoms with Crippen LogP contribution in [0.3, 0.4) is 0 Å². The third kappa shape index (κ3) is 3.25. The van der Waals surface area contributed by atoms with E-state index >= 15 is 0 Å². The zero-order valence-corrected chi connectivity index (χ0v) is 12.2. The first-order chi connectivity index (χ1) is 9.65. The zero-order valence-electron chi connectivity index (χ0n) is 12.2. The lowest BCUT2D eigenvalue weighted by Gasteiger charge is -2.22. The lowest BCUT2D eigenvalue weighted by Crippen LogP contribution is -2.37. The maximum Gasteiger partial charge on any atom is 0.229 e. The standard InChI is InChI=1S/C16H22N2O2/c1-3-4-12-5-7-13(8-6-12)14(17-2)11-18-15(19)9-10-16(18)20/h5-8,14,17H,3-4,9-11H2,1-2H3. The van der Waals surface area contributed by atoms with Crippen molar-refractivity contribution in [3.8, 4) is 0 Å². The van der Waals surface area contributed by atoms with E-state index in [2.05, 4.69) is 36.5 Å². The average Bonchev–Trinajstić information content (AvgIpc) is 2.77. The highest BCUT2D eigenvalue weighted by molar-refractivity contribution is 6.01. The number of hydrogen-bond donors (Lipinski definition) is 1. The van der Waals surface area contributed by atoms with E-state index in [1.54, 1.807) is 0 Å². The van der Waals surface area contributed by atoms with E-state index in [9.17, 15) is 9.59 Å². The number of benzene rings is 1. The topological polar surface area (TPSA) is 49.4 Å². The monoisotopic (exact) mass is 274 g/mol. The smallest absolute Gasteiger partial charge is 0.229 e. The van der Waals surface area contributed by atoms with E-state index in [4.69, 9.17) is 0 Å². The number of carbonyl (C=O) groups is 2. The summed E-state index contributed by atoms with van der Waals surface area (Å²) >= 11 is 0. The number of nitrogens with one attached hydrogen (secondary N) is 1. The predicted octanol–water partition coefficient (Wildman–Crippen LogP) is 2.05. The van der Waals surface area contributed by atoms with E-state index in [0.717, 1.165) is 18.4 Å². The van der Waals surface area contributed by atoms with Gasteiger partial charge in [-0.25, -0.2) is 0 Å². The van der Waals surface area contributed by atoms with E-state index in [-0.39, 0.29) is 17.9 Å². The summed E-state index contributed by atoms with van der Waals surface area (Å²) in [5.74, 6) is -0.115. The van der Waals surface area contributed by atoms with E-state index in [1.807, 2.05) is 7.05 Å². The molecule has 1 aromatic carbocycles. The van der Waals surface area contributed by atoms with Crippen LogP contribution in [-0.2, 0) is 16.0 Å². The molecule has 108 valence electrons. The van der Waals surface area contributed by atoms with Gasteiger partial charge in [-0.1, -0.05) is 37.6 Å². The molecule has 1 atom stereocenters. The van der Waals surface area contributed by atoms with Crippen molar-refractivity contribution in [3.63, 3.8) is 0 Å². The van der Waals surface area contributed by atoms with Crippen molar-refractivity contribution in [3.05, 3.63) is 35.4 Å². The van der Waals surface area contributed by atoms with Crippen molar-refractivity contribution >= 4 is 11.8 Å². The van der Waals surface area contributed by atoms with Gasteiger partial charge in [-0.15, -0.1) is 0 Å². The van der Waals surface area contributed by atoms with Crippen LogP contribution in [0.5, 0.6) is 0 Å². The number of nitrogens with zero attached hydrogens (tertiary/aromatic N) is 1. The fourth-order valence-corrected chi connectivity index (χ4v) is 2.58. The Morgan fingerprint density at radius 1 is 1.15 bits per heavy atom. The Morgan fingerprint density at radius 3 is 2.25 bits per heavy atom. The van der Waals surface area contributed by atoms with Gasteiger partial charge in [-0.05, 0) is 24.6 Å². The molecule has 1 aliphatic heterocycles. The molecular formula is C16H22N2O2. The molecule has 1 unspecified atom stereocenters. The van der Waals surface area contributed by atoms with Gasteiger partial charge in [0.2, 0.25) is 11.8 Å². The summed E-state index contributed by atoms with van der Waals surface area (Å²) in [6.07, 6.45) is 2.91. The Morgan fingerprint density at radius 2 is 1.75 bits per heavy atom. The van der Waals surface area contributed by atoms with Crippen LogP contribution in [0.1, 0.15) is 43.4 Å². The third-order valence-corrected chi connectivity index (χ3v) is 3.79. The molecule has 1 fully saturated rings. The van der Waals surface area contributed by atoms with Crippen LogP contribution in [0, 0.1) is 0 Å². The Labute approximate surface area is 120 Å². The molecule has 1 saturated heterocycles. The third-order valence-electron chi connectivity index (χ3n) is 3.79. The van der Waals surface area contributed by atoms with Gasteiger partial charge in [0, 0.05) is 19.4 Å². The minimum atomic E-state index is -0.0575. The van der Waals surface area contributed by atoms with Crippen molar-refractivity contribution in [2.24, 2.45) is 0 Å². The highest BCUT2D eigenvalue weighted by atomic mass is 16.2. The molecule has 2 rings (SSSR count). The van der Waals surface area contributed by atoms with Crippen molar-refractivity contribution < 1.29 is 9.59 Å². The van der Waals surface area contributed by atoms with Gasteiger partial charge in [0.05, 0.1) is 6.04 Å². The molecule has 0 spiro atoms. The van der Waals surface area contributed by atoms with E-state index < -0.39 is 0 Å². The second-order valence-electron chi connectivity index (χ2n) is 5.23.